The van der Waals surface area contributed by atoms with E-state index in [2.05, 4.69) is 15.2 Å². The maximum absolute atomic E-state index is 13.2. The van der Waals surface area contributed by atoms with Crippen molar-refractivity contribution in [1.29, 1.82) is 0 Å². The molecule has 2 heterocycles. The molecule has 1 aliphatic carbocycles. The van der Waals surface area contributed by atoms with Crippen molar-refractivity contribution in [1.82, 2.24) is 15.2 Å². The van der Waals surface area contributed by atoms with Gasteiger partial charge in [0, 0.05) is 43.6 Å². The number of nitrogens with zero attached hydrogens (tertiary/aromatic N) is 2. The molecule has 1 aromatic heterocycles. The second-order valence-electron chi connectivity index (χ2n) is 12.2. The smallest absolute Gasteiger partial charge is 0.255 e. The summed E-state index contributed by atoms with van der Waals surface area (Å²) in [5, 5.41) is 3.69. The number of aromatic nitrogens is 1. The Morgan fingerprint density at radius 1 is 0.870 bits per heavy atom. The van der Waals surface area contributed by atoms with E-state index in [0.717, 1.165) is 25.2 Å². The molecule has 1 aliphatic heterocycles. The molecule has 0 radical (unpaired) electrons. The molecular weight excluding hydrogens is 585 g/mol. The molecule has 2 aliphatic rings. The number of benzene rings is 3. The van der Waals surface area contributed by atoms with E-state index in [1.807, 2.05) is 12.1 Å². The Bertz CT molecular complexity index is 1730. The molecule has 46 heavy (non-hydrogen) atoms. The Morgan fingerprint density at radius 2 is 1.52 bits per heavy atom. The Morgan fingerprint density at radius 3 is 2.15 bits per heavy atom. The van der Waals surface area contributed by atoms with E-state index in [9.17, 15) is 18.8 Å². The number of rotatable bonds is 13. The molecule has 0 unspecified atom stereocenters. The van der Waals surface area contributed by atoms with Crippen LogP contribution in [0.5, 0.6) is 17.2 Å². The van der Waals surface area contributed by atoms with Gasteiger partial charge in [0.1, 0.15) is 23.1 Å². The topological polar surface area (TPSA) is 97.8 Å². The van der Waals surface area contributed by atoms with Crippen LogP contribution in [0.25, 0.3) is 10.9 Å². The van der Waals surface area contributed by atoms with Crippen LogP contribution < -0.4 is 14.8 Å². The van der Waals surface area contributed by atoms with E-state index in [-0.39, 0.29) is 36.1 Å². The van der Waals surface area contributed by atoms with Crippen molar-refractivity contribution < 1.29 is 28.2 Å². The van der Waals surface area contributed by atoms with Gasteiger partial charge in [-0.1, -0.05) is 30.7 Å². The summed E-state index contributed by atoms with van der Waals surface area (Å²) in [6.45, 7) is 3.50. The minimum Gasteiger partial charge on any atom is -0.496 e. The van der Waals surface area contributed by atoms with E-state index in [4.69, 9.17) is 9.47 Å². The molecule has 1 N–H and O–H groups in total. The number of halogens is 1. The van der Waals surface area contributed by atoms with Gasteiger partial charge in [0.05, 0.1) is 23.6 Å². The zero-order valence-corrected chi connectivity index (χ0v) is 26.0. The van der Waals surface area contributed by atoms with Crippen LogP contribution in [0.3, 0.4) is 0 Å². The fourth-order valence-electron chi connectivity index (χ4n) is 6.14. The fourth-order valence-corrected chi connectivity index (χ4v) is 6.14. The number of ketones is 2. The minimum absolute atomic E-state index is 0.0934. The van der Waals surface area contributed by atoms with Gasteiger partial charge in [-0.05, 0) is 86.3 Å². The third-order valence-electron chi connectivity index (χ3n) is 9.04. The number of nitrogens with one attached hydrogen (secondary N) is 1. The predicted molar refractivity (Wildman–Crippen MR) is 173 cm³/mol. The first-order chi connectivity index (χ1) is 22.3. The van der Waals surface area contributed by atoms with Crippen LogP contribution in [-0.4, -0.2) is 60.6 Å². The monoisotopic (exact) mass is 623 g/mol. The number of piperidine rings is 1. The van der Waals surface area contributed by atoms with Gasteiger partial charge in [-0.25, -0.2) is 4.39 Å². The highest BCUT2D eigenvalue weighted by Gasteiger charge is 2.54. The van der Waals surface area contributed by atoms with Crippen LogP contribution in [0.1, 0.15) is 53.6 Å². The first-order valence-electron chi connectivity index (χ1n) is 15.9. The van der Waals surface area contributed by atoms with Crippen molar-refractivity contribution in [2.75, 3.05) is 33.3 Å². The van der Waals surface area contributed by atoms with Crippen molar-refractivity contribution in [3.8, 4) is 17.2 Å². The van der Waals surface area contributed by atoms with E-state index < -0.39 is 5.41 Å². The Balaban J connectivity index is 1.11. The summed E-state index contributed by atoms with van der Waals surface area (Å²) in [4.78, 5) is 46.3. The van der Waals surface area contributed by atoms with Gasteiger partial charge in [-0.3, -0.25) is 19.4 Å². The predicted octanol–water partition coefficient (Wildman–Crippen LogP) is 6.09. The second-order valence-corrected chi connectivity index (χ2v) is 12.2. The number of fused-ring (bicyclic) bond motifs is 1. The number of carbonyl (C=O) groups is 3. The zero-order chi connectivity index (χ0) is 32.1. The third-order valence-corrected chi connectivity index (χ3v) is 9.04. The van der Waals surface area contributed by atoms with Gasteiger partial charge in [-0.2, -0.15) is 0 Å². The number of ether oxygens (including phenoxy) is 2. The molecule has 8 nitrogen and oxygen atoms in total. The van der Waals surface area contributed by atoms with Crippen LogP contribution in [0.4, 0.5) is 4.39 Å². The first-order valence-corrected chi connectivity index (χ1v) is 15.9. The summed E-state index contributed by atoms with van der Waals surface area (Å²) >= 11 is 0. The maximum Gasteiger partial charge on any atom is 0.255 e. The molecule has 1 amide bonds. The summed E-state index contributed by atoms with van der Waals surface area (Å²) in [7, 11) is 1.53. The van der Waals surface area contributed by atoms with Crippen molar-refractivity contribution in [3.63, 3.8) is 0 Å². The number of hydrogen-bond donors (Lipinski definition) is 1. The van der Waals surface area contributed by atoms with Crippen molar-refractivity contribution in [2.24, 2.45) is 5.41 Å². The molecule has 1 saturated carbocycles. The lowest BCUT2D eigenvalue weighted by Crippen LogP contribution is -2.37. The van der Waals surface area contributed by atoms with Crippen LogP contribution >= 0.6 is 0 Å². The van der Waals surface area contributed by atoms with Gasteiger partial charge < -0.3 is 19.7 Å². The number of pyridine rings is 1. The molecule has 4 aromatic rings. The van der Waals surface area contributed by atoms with Gasteiger partial charge in [-0.15, -0.1) is 0 Å². The Kier molecular flexibility index (Phi) is 9.40. The molecule has 6 rings (SSSR count). The summed E-state index contributed by atoms with van der Waals surface area (Å²) < 4.78 is 25.0. The van der Waals surface area contributed by atoms with Crippen LogP contribution in [-0.2, 0) is 22.4 Å². The van der Waals surface area contributed by atoms with Crippen LogP contribution in [0.2, 0.25) is 0 Å². The highest BCUT2D eigenvalue weighted by molar-refractivity contribution is 6.11. The second kappa shape index (κ2) is 13.8. The number of methoxy groups -OCH3 is 1. The normalized spacial score (nSPS) is 15.7. The number of hydrogen-bond acceptors (Lipinski definition) is 7. The average molecular weight is 624 g/mol. The summed E-state index contributed by atoms with van der Waals surface area (Å²) in [5.41, 5.74) is 1.57. The molecule has 238 valence electrons. The van der Waals surface area contributed by atoms with Crippen molar-refractivity contribution in [2.45, 2.75) is 44.9 Å². The SMILES string of the molecule is COc1cc2nccc(Oc3ccc(CC(=O)C4(C(=O)Cc5ccc(F)cc5)CC4)cc3)c2cc1C(=O)NCCN1CCCCC1. The zero-order valence-electron chi connectivity index (χ0n) is 26.0. The van der Waals surface area contributed by atoms with Gasteiger partial charge >= 0.3 is 0 Å². The maximum atomic E-state index is 13.2. The average Bonchev–Trinajstić information content (AvgIpc) is 3.89. The van der Waals surface area contributed by atoms with Crippen LogP contribution in [0, 0.1) is 11.2 Å². The molecule has 9 heteroatoms. The summed E-state index contributed by atoms with van der Waals surface area (Å²) in [6.07, 6.45) is 6.66. The number of carbonyl (C=O) groups excluding carboxylic acids is 3. The quantitative estimate of drug-likeness (QED) is 0.180. The lowest BCUT2D eigenvalue weighted by molar-refractivity contribution is -0.133. The van der Waals surface area contributed by atoms with E-state index >= 15 is 0 Å². The Hall–Kier alpha value is -4.63. The number of likely N-dealkylation sites (tertiary alicyclic amines) is 1. The molecule has 0 spiro atoms. The summed E-state index contributed by atoms with van der Waals surface area (Å²) in [5.74, 6) is 0.742. The van der Waals surface area contributed by atoms with Gasteiger partial charge in [0.15, 0.2) is 11.6 Å². The van der Waals surface area contributed by atoms with Gasteiger partial charge in [0.2, 0.25) is 0 Å². The molecule has 0 bridgehead atoms. The standard InChI is InChI=1S/C37H38FN3O5/c1-45-33-24-31-29(23-30(33)36(44)40-17-20-41-18-3-2-4-19-41)32(13-16-39-31)46-28-11-7-26(8-12-28)22-35(43)37(14-15-37)34(42)21-25-5-9-27(38)10-6-25/h5-13,16,23-24H,2-4,14-15,17-22H2,1H3,(H,40,44). The van der Waals surface area contributed by atoms with Crippen LogP contribution in [0.15, 0.2) is 72.9 Å². The van der Waals surface area contributed by atoms with Gasteiger partial charge in [0.25, 0.3) is 5.91 Å². The lowest BCUT2D eigenvalue weighted by Gasteiger charge is -2.26. The molecule has 0 atom stereocenters. The number of amides is 1. The highest BCUT2D eigenvalue weighted by atomic mass is 19.1. The first kappa shape index (κ1) is 31.4. The van der Waals surface area contributed by atoms with Crippen molar-refractivity contribution >= 4 is 28.4 Å². The van der Waals surface area contributed by atoms with Crippen molar-refractivity contribution in [3.05, 3.63) is 95.4 Å². The molecular formula is C37H38FN3O5. The highest BCUT2D eigenvalue weighted by Crippen LogP contribution is 2.49. The van der Waals surface area contributed by atoms with E-state index in [1.54, 1.807) is 48.7 Å². The Labute approximate surface area is 267 Å². The summed E-state index contributed by atoms with van der Waals surface area (Å²) in [6, 6.07) is 18.3. The third kappa shape index (κ3) is 7.10. The van der Waals surface area contributed by atoms with E-state index in [0.29, 0.717) is 58.7 Å². The largest absolute Gasteiger partial charge is 0.496 e. The number of Topliss-reactive ketones (excluding diaryl/α,β-unsaturated/α-hetero) is 2. The molecule has 1 saturated heterocycles. The fraction of sp³-hybridized carbons (Fsp3) is 0.351. The molecule has 2 fully saturated rings. The van der Waals surface area contributed by atoms with E-state index in [1.165, 1.54) is 38.5 Å². The lowest BCUT2D eigenvalue weighted by atomic mass is 9.88. The minimum atomic E-state index is -0.946. The molecule has 3 aromatic carbocycles.